The fourth-order valence-electron chi connectivity index (χ4n) is 2.23. The van der Waals surface area contributed by atoms with E-state index in [2.05, 4.69) is 51.6 Å². The van der Waals surface area contributed by atoms with E-state index in [-0.39, 0.29) is 5.54 Å². The third kappa shape index (κ3) is 6.72. The molecule has 0 amide bonds. The van der Waals surface area contributed by atoms with Gasteiger partial charge in [-0.2, -0.15) is 0 Å². The Balaban J connectivity index is 4.55. The molecule has 0 radical (unpaired) electrons. The summed E-state index contributed by atoms with van der Waals surface area (Å²) in [6, 6.07) is 0. The average Bonchev–Trinajstić information content (AvgIpc) is 2.31. The van der Waals surface area contributed by atoms with Crippen molar-refractivity contribution in [2.24, 2.45) is 11.7 Å². The van der Waals surface area contributed by atoms with Crippen molar-refractivity contribution in [1.29, 1.82) is 0 Å². The molecule has 0 aromatic heterocycles. The molecule has 2 N–H and O–H groups in total. The number of hydrogen-bond acceptors (Lipinski definition) is 3. The molecule has 0 bridgehead atoms. The van der Waals surface area contributed by atoms with Gasteiger partial charge in [-0.1, -0.05) is 20.8 Å². The third-order valence-corrected chi connectivity index (χ3v) is 3.77. The van der Waals surface area contributed by atoms with Crippen LogP contribution in [0, 0.1) is 5.92 Å². The summed E-state index contributed by atoms with van der Waals surface area (Å²) in [5.41, 5.74) is 6.24. The molecule has 3 nitrogen and oxygen atoms in total. The molecule has 0 aliphatic heterocycles. The third-order valence-electron chi connectivity index (χ3n) is 3.77. The molecule has 1 atom stereocenters. The van der Waals surface area contributed by atoms with Gasteiger partial charge in [0, 0.05) is 25.2 Å². The smallest absolute Gasteiger partial charge is 0.0304 e. The molecule has 18 heavy (non-hydrogen) atoms. The van der Waals surface area contributed by atoms with Gasteiger partial charge < -0.3 is 10.6 Å². The van der Waals surface area contributed by atoms with Crippen LogP contribution in [0.3, 0.4) is 0 Å². The van der Waals surface area contributed by atoms with Crippen LogP contribution in [0.15, 0.2) is 0 Å². The highest BCUT2D eigenvalue weighted by molar-refractivity contribution is 4.87. The van der Waals surface area contributed by atoms with Crippen molar-refractivity contribution in [2.75, 3.05) is 40.3 Å². The monoisotopic (exact) mass is 257 g/mol. The van der Waals surface area contributed by atoms with E-state index >= 15 is 0 Å². The predicted octanol–water partition coefficient (Wildman–Crippen LogP) is 2.41. The van der Waals surface area contributed by atoms with E-state index in [1.54, 1.807) is 0 Å². The fraction of sp³-hybridized carbons (Fsp3) is 1.00. The molecule has 0 aliphatic carbocycles. The van der Waals surface area contributed by atoms with Crippen molar-refractivity contribution in [3.05, 3.63) is 0 Å². The lowest BCUT2D eigenvalue weighted by Gasteiger charge is -2.42. The van der Waals surface area contributed by atoms with Crippen LogP contribution in [-0.2, 0) is 0 Å². The zero-order valence-corrected chi connectivity index (χ0v) is 13.5. The molecule has 110 valence electrons. The highest BCUT2D eigenvalue weighted by Crippen LogP contribution is 2.23. The first kappa shape index (κ1) is 17.9. The van der Waals surface area contributed by atoms with E-state index in [0.29, 0.717) is 0 Å². The Morgan fingerprint density at radius 3 is 2.11 bits per heavy atom. The van der Waals surface area contributed by atoms with Crippen molar-refractivity contribution in [3.8, 4) is 0 Å². The van der Waals surface area contributed by atoms with Crippen LogP contribution in [0.2, 0.25) is 0 Å². The normalized spacial score (nSPS) is 15.7. The Bertz CT molecular complexity index is 204. The first-order valence-corrected chi connectivity index (χ1v) is 7.45. The molecule has 0 aromatic rings. The first-order valence-electron chi connectivity index (χ1n) is 7.45. The molecule has 0 aliphatic rings. The lowest BCUT2D eigenvalue weighted by molar-refractivity contribution is 0.0873. The second-order valence-corrected chi connectivity index (χ2v) is 6.42. The molecule has 0 rings (SSSR count). The second kappa shape index (κ2) is 8.89. The molecular formula is C15H35N3. The molecule has 0 saturated heterocycles. The largest absolute Gasteiger partial charge is 0.329 e. The standard InChI is InChI=1S/C15H35N3/c1-7-10-18(12-11-17(5)6)15(4,13-16)9-8-14(2)3/h14H,7-13,16H2,1-6H3. The van der Waals surface area contributed by atoms with Crippen LogP contribution in [0.4, 0.5) is 0 Å². The van der Waals surface area contributed by atoms with Gasteiger partial charge in [-0.05, 0) is 52.7 Å². The SMILES string of the molecule is CCCN(CCN(C)C)C(C)(CN)CCC(C)C. The van der Waals surface area contributed by atoms with E-state index < -0.39 is 0 Å². The first-order chi connectivity index (χ1) is 8.35. The van der Waals surface area contributed by atoms with Crippen molar-refractivity contribution in [3.63, 3.8) is 0 Å². The molecular weight excluding hydrogens is 222 g/mol. The zero-order valence-electron chi connectivity index (χ0n) is 13.5. The molecule has 0 spiro atoms. The van der Waals surface area contributed by atoms with Crippen molar-refractivity contribution < 1.29 is 0 Å². The van der Waals surface area contributed by atoms with E-state index in [1.807, 2.05) is 0 Å². The van der Waals surface area contributed by atoms with Gasteiger partial charge >= 0.3 is 0 Å². The van der Waals surface area contributed by atoms with Crippen molar-refractivity contribution >= 4 is 0 Å². The van der Waals surface area contributed by atoms with Gasteiger partial charge in [0.15, 0.2) is 0 Å². The van der Waals surface area contributed by atoms with Crippen molar-refractivity contribution in [1.82, 2.24) is 9.80 Å². The lowest BCUT2D eigenvalue weighted by Crippen LogP contribution is -2.53. The predicted molar refractivity (Wildman–Crippen MR) is 81.9 cm³/mol. The number of nitrogens with two attached hydrogens (primary N) is 1. The molecule has 3 heteroatoms. The maximum atomic E-state index is 6.08. The minimum absolute atomic E-state index is 0.163. The fourth-order valence-corrected chi connectivity index (χ4v) is 2.23. The Labute approximate surface area is 115 Å². The van der Waals surface area contributed by atoms with E-state index in [9.17, 15) is 0 Å². The van der Waals surface area contributed by atoms with Crippen LogP contribution in [0.5, 0.6) is 0 Å². The van der Waals surface area contributed by atoms with Crippen molar-refractivity contribution in [2.45, 2.75) is 52.5 Å². The maximum Gasteiger partial charge on any atom is 0.0304 e. The van der Waals surface area contributed by atoms with Crippen LogP contribution in [0.1, 0.15) is 47.0 Å². The summed E-state index contributed by atoms with van der Waals surface area (Å²) in [5.74, 6) is 0.758. The highest BCUT2D eigenvalue weighted by Gasteiger charge is 2.29. The Hall–Kier alpha value is -0.120. The Morgan fingerprint density at radius 2 is 1.72 bits per heavy atom. The summed E-state index contributed by atoms with van der Waals surface area (Å²) in [6.07, 6.45) is 3.66. The van der Waals surface area contributed by atoms with Gasteiger partial charge in [-0.25, -0.2) is 0 Å². The lowest BCUT2D eigenvalue weighted by atomic mass is 9.90. The van der Waals surface area contributed by atoms with Crippen LogP contribution in [0.25, 0.3) is 0 Å². The van der Waals surface area contributed by atoms with Gasteiger partial charge in [-0.15, -0.1) is 0 Å². The minimum Gasteiger partial charge on any atom is -0.329 e. The number of rotatable bonds is 10. The maximum absolute atomic E-state index is 6.08. The summed E-state index contributed by atoms with van der Waals surface area (Å²) < 4.78 is 0. The second-order valence-electron chi connectivity index (χ2n) is 6.42. The number of hydrogen-bond donors (Lipinski definition) is 1. The number of likely N-dealkylation sites (N-methyl/N-ethyl adjacent to an activating group) is 1. The van der Waals surface area contributed by atoms with Crippen LogP contribution in [-0.4, -0.2) is 55.6 Å². The summed E-state index contributed by atoms with van der Waals surface area (Å²) >= 11 is 0. The minimum atomic E-state index is 0.163. The van der Waals surface area contributed by atoms with Gasteiger partial charge in [0.25, 0.3) is 0 Å². The van der Waals surface area contributed by atoms with Gasteiger partial charge in [-0.3, -0.25) is 4.90 Å². The average molecular weight is 257 g/mol. The molecule has 0 saturated carbocycles. The summed E-state index contributed by atoms with van der Waals surface area (Å²) in [6.45, 7) is 13.3. The van der Waals surface area contributed by atoms with Crippen LogP contribution < -0.4 is 5.73 Å². The van der Waals surface area contributed by atoms with Crippen LogP contribution >= 0.6 is 0 Å². The quantitative estimate of drug-likeness (QED) is 0.652. The molecule has 0 heterocycles. The topological polar surface area (TPSA) is 32.5 Å². The van der Waals surface area contributed by atoms with E-state index in [1.165, 1.54) is 19.3 Å². The molecule has 0 aromatic carbocycles. The zero-order chi connectivity index (χ0) is 14.2. The van der Waals surface area contributed by atoms with Gasteiger partial charge in [0.05, 0.1) is 0 Å². The highest BCUT2D eigenvalue weighted by atomic mass is 15.2. The Kier molecular flexibility index (Phi) is 8.83. The van der Waals surface area contributed by atoms with Gasteiger partial charge in [0.1, 0.15) is 0 Å². The van der Waals surface area contributed by atoms with E-state index in [0.717, 1.165) is 32.1 Å². The molecule has 0 fully saturated rings. The molecule has 1 unspecified atom stereocenters. The van der Waals surface area contributed by atoms with Gasteiger partial charge in [0.2, 0.25) is 0 Å². The summed E-state index contributed by atoms with van der Waals surface area (Å²) in [4.78, 5) is 4.84. The van der Waals surface area contributed by atoms with E-state index in [4.69, 9.17) is 5.73 Å². The Morgan fingerprint density at radius 1 is 1.11 bits per heavy atom. The summed E-state index contributed by atoms with van der Waals surface area (Å²) in [7, 11) is 4.27. The summed E-state index contributed by atoms with van der Waals surface area (Å²) in [5, 5.41) is 0. The number of nitrogens with zero attached hydrogens (tertiary/aromatic N) is 2.